The average Bonchev–Trinajstić information content (AvgIpc) is 3.32. The van der Waals surface area contributed by atoms with Gasteiger partial charge in [0.15, 0.2) is 0 Å². The van der Waals surface area contributed by atoms with Crippen molar-refractivity contribution in [2.24, 2.45) is 0 Å². The maximum Gasteiger partial charge on any atom is 0.220 e. The molecule has 5 aromatic rings. The molecule has 0 spiro atoms. The van der Waals surface area contributed by atoms with Crippen LogP contribution in [0, 0.1) is 0 Å². The molecule has 0 saturated heterocycles. The summed E-state index contributed by atoms with van der Waals surface area (Å²) < 4.78 is 7.31. The van der Waals surface area contributed by atoms with Crippen molar-refractivity contribution in [3.63, 3.8) is 0 Å². The standard InChI is InChI=1S/C29H24N2O4/c32-19-27-28(26-17-8-7-16-25(26)22-12-9-15-24(18-22)34-20-35-33)30-31(23-13-5-2-6-14-23)29(27)21-10-3-1-4-11-21/h1-18,32-33H,19-20H2. The molecule has 0 aliphatic rings. The van der Waals surface area contributed by atoms with Crippen LogP contribution in [0.1, 0.15) is 5.56 Å². The summed E-state index contributed by atoms with van der Waals surface area (Å²) in [4.78, 5) is 4.05. The number of nitrogens with zero attached hydrogens (tertiary/aromatic N) is 2. The monoisotopic (exact) mass is 464 g/mol. The predicted octanol–water partition coefficient (Wildman–Crippen LogP) is 6.19. The second kappa shape index (κ2) is 10.4. The summed E-state index contributed by atoms with van der Waals surface area (Å²) in [6.07, 6.45) is 0. The number of para-hydroxylation sites is 1. The van der Waals surface area contributed by atoms with Crippen molar-refractivity contribution >= 4 is 0 Å². The van der Waals surface area contributed by atoms with Crippen molar-refractivity contribution in [2.45, 2.75) is 6.61 Å². The summed E-state index contributed by atoms with van der Waals surface area (Å²) in [6.45, 7) is -0.431. The van der Waals surface area contributed by atoms with E-state index in [4.69, 9.17) is 15.1 Å². The topological polar surface area (TPSA) is 76.7 Å². The number of aliphatic hydroxyl groups is 1. The van der Waals surface area contributed by atoms with E-state index in [0.29, 0.717) is 11.4 Å². The highest BCUT2D eigenvalue weighted by Gasteiger charge is 2.23. The number of benzene rings is 4. The highest BCUT2D eigenvalue weighted by molar-refractivity contribution is 5.86. The molecule has 5 rings (SSSR count). The number of hydrogen-bond acceptors (Lipinski definition) is 5. The molecule has 0 aliphatic carbocycles. The van der Waals surface area contributed by atoms with Crippen molar-refractivity contribution in [3.8, 4) is 45.1 Å². The average molecular weight is 465 g/mol. The molecule has 0 bridgehead atoms. The normalized spacial score (nSPS) is 10.9. The molecule has 35 heavy (non-hydrogen) atoms. The van der Waals surface area contributed by atoms with Crippen LogP contribution in [0.2, 0.25) is 0 Å². The van der Waals surface area contributed by atoms with Gasteiger partial charge < -0.3 is 9.84 Å². The third-order valence-electron chi connectivity index (χ3n) is 5.80. The first-order valence-electron chi connectivity index (χ1n) is 11.2. The molecule has 174 valence electrons. The Bertz CT molecular complexity index is 1420. The van der Waals surface area contributed by atoms with Crippen LogP contribution in [0.3, 0.4) is 0 Å². The number of rotatable bonds is 8. The molecule has 1 aromatic heterocycles. The molecule has 6 nitrogen and oxygen atoms in total. The van der Waals surface area contributed by atoms with Gasteiger partial charge in [-0.25, -0.2) is 9.94 Å². The van der Waals surface area contributed by atoms with E-state index in [9.17, 15) is 5.11 Å². The number of aromatic nitrogens is 2. The molecule has 1 heterocycles. The van der Waals surface area contributed by atoms with E-state index < -0.39 is 0 Å². The van der Waals surface area contributed by atoms with Gasteiger partial charge in [-0.05, 0) is 35.4 Å². The molecular weight excluding hydrogens is 440 g/mol. The van der Waals surface area contributed by atoms with Crippen LogP contribution in [0.5, 0.6) is 5.75 Å². The van der Waals surface area contributed by atoms with E-state index in [1.54, 1.807) is 6.07 Å². The van der Waals surface area contributed by atoms with Gasteiger partial charge in [0.2, 0.25) is 6.79 Å². The summed E-state index contributed by atoms with van der Waals surface area (Å²) in [7, 11) is 0. The Labute approximate surface area is 203 Å². The molecule has 0 fully saturated rings. The van der Waals surface area contributed by atoms with Gasteiger partial charge in [-0.3, -0.25) is 0 Å². The number of hydrogen-bond donors (Lipinski definition) is 2. The van der Waals surface area contributed by atoms with Crippen molar-refractivity contribution in [1.29, 1.82) is 0 Å². The lowest BCUT2D eigenvalue weighted by Gasteiger charge is -2.11. The van der Waals surface area contributed by atoms with E-state index in [1.165, 1.54) is 0 Å². The lowest BCUT2D eigenvalue weighted by Crippen LogP contribution is -2.00. The second-order valence-electron chi connectivity index (χ2n) is 7.91. The predicted molar refractivity (Wildman–Crippen MR) is 135 cm³/mol. The fourth-order valence-electron chi connectivity index (χ4n) is 4.25. The number of aliphatic hydroxyl groups excluding tert-OH is 1. The Hall–Kier alpha value is -4.23. The van der Waals surface area contributed by atoms with Crippen LogP contribution in [-0.2, 0) is 11.5 Å². The fraction of sp³-hybridized carbons (Fsp3) is 0.0690. The van der Waals surface area contributed by atoms with E-state index in [1.807, 2.05) is 108 Å². The van der Waals surface area contributed by atoms with Gasteiger partial charge in [0.1, 0.15) is 5.75 Å². The van der Waals surface area contributed by atoms with E-state index in [2.05, 4.69) is 4.89 Å². The summed E-state index contributed by atoms with van der Waals surface area (Å²) in [5, 5.41) is 24.2. The molecular formula is C29H24N2O4. The smallest absolute Gasteiger partial charge is 0.220 e. The molecule has 2 N–H and O–H groups in total. The lowest BCUT2D eigenvalue weighted by atomic mass is 9.94. The van der Waals surface area contributed by atoms with Crippen molar-refractivity contribution in [2.75, 3.05) is 6.79 Å². The zero-order valence-electron chi connectivity index (χ0n) is 18.9. The van der Waals surface area contributed by atoms with Crippen LogP contribution in [0.25, 0.3) is 39.3 Å². The minimum atomic E-state index is -0.262. The Morgan fingerprint density at radius 3 is 2.09 bits per heavy atom. The highest BCUT2D eigenvalue weighted by atomic mass is 17.1. The van der Waals surface area contributed by atoms with Gasteiger partial charge in [0.25, 0.3) is 0 Å². The Morgan fingerprint density at radius 2 is 1.37 bits per heavy atom. The fourth-order valence-corrected chi connectivity index (χ4v) is 4.25. The zero-order chi connectivity index (χ0) is 24.0. The quantitative estimate of drug-likeness (QED) is 0.163. The minimum Gasteiger partial charge on any atom is -0.465 e. The molecule has 4 aromatic carbocycles. The Balaban J connectivity index is 1.72. The van der Waals surface area contributed by atoms with Gasteiger partial charge in [0.05, 0.1) is 23.7 Å². The molecule has 0 atom stereocenters. The van der Waals surface area contributed by atoms with Crippen LogP contribution >= 0.6 is 0 Å². The third-order valence-corrected chi connectivity index (χ3v) is 5.80. The first-order valence-corrected chi connectivity index (χ1v) is 11.2. The zero-order valence-corrected chi connectivity index (χ0v) is 18.9. The largest absolute Gasteiger partial charge is 0.465 e. The Kier molecular flexibility index (Phi) is 6.68. The van der Waals surface area contributed by atoms with Crippen LogP contribution in [-0.4, -0.2) is 26.9 Å². The maximum absolute atomic E-state index is 10.6. The van der Waals surface area contributed by atoms with E-state index in [-0.39, 0.29) is 13.4 Å². The van der Waals surface area contributed by atoms with Crippen LogP contribution in [0.15, 0.2) is 109 Å². The van der Waals surface area contributed by atoms with Crippen molar-refractivity contribution < 1.29 is 20.0 Å². The summed E-state index contributed by atoms with van der Waals surface area (Å²) >= 11 is 0. The van der Waals surface area contributed by atoms with Gasteiger partial charge in [0, 0.05) is 16.7 Å². The first-order chi connectivity index (χ1) is 17.3. The summed E-state index contributed by atoms with van der Waals surface area (Å²) in [5.41, 5.74) is 6.91. The molecule has 0 radical (unpaired) electrons. The minimum absolute atomic E-state index is 0.169. The van der Waals surface area contributed by atoms with Crippen molar-refractivity contribution in [1.82, 2.24) is 9.78 Å². The molecule has 0 unspecified atom stereocenters. The lowest BCUT2D eigenvalue weighted by molar-refractivity contribution is -0.278. The van der Waals surface area contributed by atoms with Crippen LogP contribution < -0.4 is 4.74 Å². The second-order valence-corrected chi connectivity index (χ2v) is 7.91. The van der Waals surface area contributed by atoms with Crippen LogP contribution in [0.4, 0.5) is 0 Å². The first kappa shape index (κ1) is 22.6. The van der Waals surface area contributed by atoms with E-state index in [0.717, 1.165) is 39.2 Å². The van der Waals surface area contributed by atoms with E-state index >= 15 is 0 Å². The molecule has 0 aliphatic heterocycles. The highest BCUT2D eigenvalue weighted by Crippen LogP contribution is 2.39. The van der Waals surface area contributed by atoms with Gasteiger partial charge >= 0.3 is 0 Å². The van der Waals surface area contributed by atoms with Gasteiger partial charge in [-0.2, -0.15) is 9.99 Å². The third kappa shape index (κ3) is 4.58. The van der Waals surface area contributed by atoms with Gasteiger partial charge in [-0.15, -0.1) is 0 Å². The number of ether oxygens (including phenoxy) is 1. The molecule has 0 saturated carbocycles. The summed E-state index contributed by atoms with van der Waals surface area (Å²) in [5.74, 6) is 0.563. The van der Waals surface area contributed by atoms with Crippen molar-refractivity contribution in [3.05, 3.63) is 115 Å². The van der Waals surface area contributed by atoms with Gasteiger partial charge in [-0.1, -0.05) is 84.9 Å². The SMILES string of the molecule is OCc1c(-c2ccccc2-c2cccc(OCOO)c2)nn(-c2ccccc2)c1-c1ccccc1. The maximum atomic E-state index is 10.6. The molecule has 6 heteroatoms. The summed E-state index contributed by atoms with van der Waals surface area (Å²) in [6, 6.07) is 35.4. The Morgan fingerprint density at radius 1 is 0.714 bits per heavy atom. The molecule has 0 amide bonds.